The Labute approximate surface area is 133 Å². The van der Waals surface area contributed by atoms with E-state index in [1.54, 1.807) is 0 Å². The van der Waals surface area contributed by atoms with E-state index in [9.17, 15) is 0 Å². The van der Waals surface area contributed by atoms with Gasteiger partial charge < -0.3 is 15.2 Å². The molecule has 118 valence electrons. The third-order valence-electron chi connectivity index (χ3n) is 3.55. The molecule has 0 unspecified atom stereocenters. The number of benzene rings is 2. The highest BCUT2D eigenvalue weighted by Gasteiger charge is 2.02. The van der Waals surface area contributed by atoms with E-state index in [1.807, 2.05) is 37.3 Å². The average molecular weight is 299 g/mol. The maximum absolute atomic E-state index is 5.78. The van der Waals surface area contributed by atoms with Gasteiger partial charge in [-0.3, -0.25) is 0 Å². The van der Waals surface area contributed by atoms with Gasteiger partial charge in [0.05, 0.1) is 13.2 Å². The number of hydrogen-bond donors (Lipinski definition) is 1. The van der Waals surface area contributed by atoms with E-state index in [-0.39, 0.29) is 0 Å². The van der Waals surface area contributed by atoms with Crippen molar-refractivity contribution >= 4 is 5.69 Å². The molecule has 0 heterocycles. The first-order valence-electron chi connectivity index (χ1n) is 7.78. The van der Waals surface area contributed by atoms with Crippen molar-refractivity contribution in [1.29, 1.82) is 0 Å². The van der Waals surface area contributed by atoms with Gasteiger partial charge in [0.15, 0.2) is 0 Å². The molecule has 0 aliphatic carbocycles. The lowest BCUT2D eigenvalue weighted by molar-refractivity contribution is 0.246. The van der Waals surface area contributed by atoms with Crippen molar-refractivity contribution in [1.82, 2.24) is 0 Å². The summed E-state index contributed by atoms with van der Waals surface area (Å²) in [7, 11) is 0. The van der Waals surface area contributed by atoms with E-state index in [1.165, 1.54) is 5.56 Å². The fourth-order valence-electron chi connectivity index (χ4n) is 2.17. The molecule has 0 fully saturated rings. The first-order valence-corrected chi connectivity index (χ1v) is 7.78. The smallest absolute Gasteiger partial charge is 0.124 e. The number of ether oxygens (including phenoxy) is 2. The van der Waals surface area contributed by atoms with Crippen LogP contribution < -0.4 is 15.2 Å². The third-order valence-corrected chi connectivity index (χ3v) is 3.55. The van der Waals surface area contributed by atoms with Crippen LogP contribution in [0.3, 0.4) is 0 Å². The Balaban J connectivity index is 1.75. The minimum Gasteiger partial charge on any atom is -0.493 e. The van der Waals surface area contributed by atoms with Crippen LogP contribution in [0.4, 0.5) is 5.69 Å². The van der Waals surface area contributed by atoms with Gasteiger partial charge in [-0.15, -0.1) is 0 Å². The first kappa shape index (κ1) is 16.2. The molecule has 0 aromatic heterocycles. The summed E-state index contributed by atoms with van der Waals surface area (Å²) in [6.07, 6.45) is 0.833. The van der Waals surface area contributed by atoms with Gasteiger partial charge in [0, 0.05) is 18.2 Å². The van der Waals surface area contributed by atoms with Crippen molar-refractivity contribution in [3.8, 4) is 11.5 Å². The number of hydrogen-bond acceptors (Lipinski definition) is 3. The normalized spacial score (nSPS) is 10.7. The second-order valence-corrected chi connectivity index (χ2v) is 5.80. The highest BCUT2D eigenvalue weighted by atomic mass is 16.5. The van der Waals surface area contributed by atoms with Crippen LogP contribution in [-0.2, 0) is 0 Å². The zero-order chi connectivity index (χ0) is 15.9. The van der Waals surface area contributed by atoms with E-state index in [4.69, 9.17) is 15.2 Å². The molecular weight excluding hydrogens is 274 g/mol. The Kier molecular flexibility index (Phi) is 5.70. The molecule has 2 aromatic rings. The second-order valence-electron chi connectivity index (χ2n) is 5.80. The van der Waals surface area contributed by atoms with Crippen molar-refractivity contribution < 1.29 is 9.47 Å². The molecule has 0 bridgehead atoms. The molecule has 0 atom stereocenters. The van der Waals surface area contributed by atoms with Crippen LogP contribution in [0, 0.1) is 6.92 Å². The summed E-state index contributed by atoms with van der Waals surface area (Å²) in [6.45, 7) is 7.64. The van der Waals surface area contributed by atoms with Gasteiger partial charge in [-0.25, -0.2) is 0 Å². The van der Waals surface area contributed by atoms with Gasteiger partial charge in [0.2, 0.25) is 0 Å². The van der Waals surface area contributed by atoms with Crippen LogP contribution in [-0.4, -0.2) is 13.2 Å². The van der Waals surface area contributed by atoms with Gasteiger partial charge in [-0.2, -0.15) is 0 Å². The molecule has 22 heavy (non-hydrogen) atoms. The number of nitrogens with two attached hydrogens (primary N) is 1. The van der Waals surface area contributed by atoms with Crippen molar-refractivity contribution in [2.24, 2.45) is 0 Å². The Hall–Kier alpha value is -2.16. The molecule has 0 amide bonds. The molecule has 0 radical (unpaired) electrons. The van der Waals surface area contributed by atoms with Gasteiger partial charge in [-0.1, -0.05) is 32.0 Å². The summed E-state index contributed by atoms with van der Waals surface area (Å²) in [5.41, 5.74) is 8.88. The summed E-state index contributed by atoms with van der Waals surface area (Å²) in [5, 5.41) is 0. The lowest BCUT2D eigenvalue weighted by atomic mass is 10.0. The molecule has 2 N–H and O–H groups in total. The molecule has 0 saturated heterocycles. The zero-order valence-electron chi connectivity index (χ0n) is 13.6. The topological polar surface area (TPSA) is 44.5 Å². The number of anilines is 1. The van der Waals surface area contributed by atoms with E-state index >= 15 is 0 Å². The van der Waals surface area contributed by atoms with E-state index < -0.39 is 0 Å². The fraction of sp³-hybridized carbons (Fsp3) is 0.368. The predicted molar refractivity (Wildman–Crippen MR) is 91.7 cm³/mol. The van der Waals surface area contributed by atoms with Crippen molar-refractivity contribution in [2.75, 3.05) is 18.9 Å². The predicted octanol–water partition coefficient (Wildman–Crippen LogP) is 4.55. The lowest BCUT2D eigenvalue weighted by Crippen LogP contribution is -2.06. The average Bonchev–Trinajstić information content (AvgIpc) is 2.50. The largest absolute Gasteiger partial charge is 0.493 e. The maximum atomic E-state index is 5.78. The van der Waals surface area contributed by atoms with Gasteiger partial charge in [-0.05, 0) is 42.2 Å². The molecule has 0 aliphatic rings. The molecule has 0 saturated carbocycles. The monoisotopic (exact) mass is 299 g/mol. The SMILES string of the molecule is Cc1ccc(N)cc1OCCCOc1cccc(C(C)C)c1. The Bertz CT molecular complexity index is 608. The summed E-state index contributed by atoms with van der Waals surface area (Å²) in [6, 6.07) is 14.0. The third kappa shape index (κ3) is 4.69. The van der Waals surface area contributed by atoms with E-state index in [2.05, 4.69) is 26.0 Å². The summed E-state index contributed by atoms with van der Waals surface area (Å²) >= 11 is 0. The van der Waals surface area contributed by atoms with Crippen LogP contribution in [0.5, 0.6) is 11.5 Å². The van der Waals surface area contributed by atoms with Gasteiger partial charge >= 0.3 is 0 Å². The molecule has 2 rings (SSSR count). The first-order chi connectivity index (χ1) is 10.6. The molecule has 0 aliphatic heterocycles. The quantitative estimate of drug-likeness (QED) is 0.602. The Morgan fingerprint density at radius 2 is 1.77 bits per heavy atom. The maximum Gasteiger partial charge on any atom is 0.124 e. The molecule has 3 nitrogen and oxygen atoms in total. The van der Waals surface area contributed by atoms with Crippen LogP contribution in [0.15, 0.2) is 42.5 Å². The summed E-state index contributed by atoms with van der Waals surface area (Å²) < 4.78 is 11.5. The van der Waals surface area contributed by atoms with Crippen molar-refractivity contribution in [3.63, 3.8) is 0 Å². The molecular formula is C19H25NO2. The molecule has 2 aromatic carbocycles. The zero-order valence-corrected chi connectivity index (χ0v) is 13.6. The lowest BCUT2D eigenvalue weighted by Gasteiger charge is -2.12. The van der Waals surface area contributed by atoms with Crippen LogP contribution >= 0.6 is 0 Å². The second kappa shape index (κ2) is 7.74. The van der Waals surface area contributed by atoms with Crippen molar-refractivity contribution in [3.05, 3.63) is 53.6 Å². The van der Waals surface area contributed by atoms with Gasteiger partial charge in [0.25, 0.3) is 0 Å². The summed E-state index contributed by atoms with van der Waals surface area (Å²) in [4.78, 5) is 0. The Morgan fingerprint density at radius 3 is 2.55 bits per heavy atom. The van der Waals surface area contributed by atoms with Crippen molar-refractivity contribution in [2.45, 2.75) is 33.1 Å². The number of aryl methyl sites for hydroxylation is 1. The summed E-state index contributed by atoms with van der Waals surface area (Å²) in [5.74, 6) is 2.28. The van der Waals surface area contributed by atoms with Gasteiger partial charge in [0.1, 0.15) is 11.5 Å². The minimum absolute atomic E-state index is 0.512. The van der Waals surface area contributed by atoms with E-state index in [0.717, 1.165) is 29.2 Å². The minimum atomic E-state index is 0.512. The number of nitrogen functional groups attached to an aromatic ring is 1. The molecule has 3 heteroatoms. The highest BCUT2D eigenvalue weighted by Crippen LogP contribution is 2.22. The van der Waals surface area contributed by atoms with E-state index in [0.29, 0.717) is 19.1 Å². The fourth-order valence-corrected chi connectivity index (χ4v) is 2.17. The standard InChI is InChI=1S/C19H25NO2/c1-14(2)16-6-4-7-18(12-16)21-10-5-11-22-19-13-17(20)9-8-15(19)3/h4,6-9,12-14H,5,10-11,20H2,1-3H3. The Morgan fingerprint density at radius 1 is 1.00 bits per heavy atom. The van der Waals surface area contributed by atoms with Crippen LogP contribution in [0.1, 0.15) is 37.3 Å². The number of rotatable bonds is 7. The highest BCUT2D eigenvalue weighted by molar-refractivity contribution is 5.47. The van der Waals surface area contributed by atoms with Crippen LogP contribution in [0.2, 0.25) is 0 Å². The molecule has 0 spiro atoms. The van der Waals surface area contributed by atoms with Crippen LogP contribution in [0.25, 0.3) is 0 Å².